The van der Waals surface area contributed by atoms with Gasteiger partial charge in [0.25, 0.3) is 0 Å². The Bertz CT molecular complexity index is 290. The van der Waals surface area contributed by atoms with Crippen molar-refractivity contribution in [3.63, 3.8) is 0 Å². The molecule has 0 amide bonds. The molecule has 1 unspecified atom stereocenters. The topological polar surface area (TPSA) is 0 Å². The van der Waals surface area contributed by atoms with E-state index in [1.165, 1.54) is 6.07 Å². The van der Waals surface area contributed by atoms with Crippen LogP contribution in [0.15, 0.2) is 9.85 Å². The van der Waals surface area contributed by atoms with E-state index in [0.29, 0.717) is 3.79 Å². The lowest BCUT2D eigenvalue weighted by atomic mass is 10.3. The van der Waals surface area contributed by atoms with E-state index in [9.17, 15) is 13.2 Å². The van der Waals surface area contributed by atoms with Crippen LogP contribution in [0.3, 0.4) is 0 Å². The van der Waals surface area contributed by atoms with Crippen LogP contribution in [0.25, 0.3) is 0 Å². The smallest absolute Gasteiger partial charge is 0.169 e. The van der Waals surface area contributed by atoms with E-state index >= 15 is 0 Å². The van der Waals surface area contributed by atoms with Crippen LogP contribution in [0, 0.1) is 0 Å². The van der Waals surface area contributed by atoms with Gasteiger partial charge in [-0.15, -0.1) is 22.9 Å². The Hall–Kier alpha value is 0.550. The Morgan fingerprint density at radius 2 is 2.00 bits per heavy atom. The second-order valence-electron chi connectivity index (χ2n) is 2.17. The molecule has 0 aromatic carbocycles. The molecule has 0 spiro atoms. The first kappa shape index (κ1) is 11.6. The molecule has 7 heteroatoms. The molecule has 0 radical (unpaired) electrons. The summed E-state index contributed by atoms with van der Waals surface area (Å²) in [5.74, 6) is 0. The molecule has 1 aromatic heterocycles. The maximum atomic E-state index is 12.1. The second-order valence-corrected chi connectivity index (χ2v) is 5.42. The van der Waals surface area contributed by atoms with E-state index < -0.39 is 11.6 Å². The van der Waals surface area contributed by atoms with Crippen LogP contribution in [0.5, 0.6) is 0 Å². The predicted molar refractivity (Wildman–Crippen MR) is 51.7 cm³/mol. The molecule has 0 N–H and O–H groups in total. The molecule has 0 aliphatic heterocycles. The molecule has 0 aliphatic rings. The van der Waals surface area contributed by atoms with Crippen LogP contribution in [0.2, 0.25) is 5.02 Å². The van der Waals surface area contributed by atoms with Gasteiger partial charge in [0.1, 0.15) is 0 Å². The van der Waals surface area contributed by atoms with Crippen molar-refractivity contribution in [2.24, 2.45) is 0 Å². The lowest BCUT2D eigenvalue weighted by molar-refractivity contribution is -0.131. The van der Waals surface area contributed by atoms with E-state index in [2.05, 4.69) is 15.9 Å². The number of hydrogen-bond acceptors (Lipinski definition) is 1. The van der Waals surface area contributed by atoms with Gasteiger partial charge in [-0.1, -0.05) is 11.6 Å². The van der Waals surface area contributed by atoms with E-state index in [1.807, 2.05) is 0 Å². The van der Waals surface area contributed by atoms with E-state index in [0.717, 1.165) is 11.3 Å². The third kappa shape index (κ3) is 2.75. The van der Waals surface area contributed by atoms with Crippen LogP contribution in [0.1, 0.15) is 10.3 Å². The van der Waals surface area contributed by atoms with Crippen LogP contribution >= 0.6 is 50.5 Å². The van der Waals surface area contributed by atoms with Crippen molar-refractivity contribution in [1.29, 1.82) is 0 Å². The summed E-state index contributed by atoms with van der Waals surface area (Å²) in [6.45, 7) is 0. The van der Waals surface area contributed by atoms with Crippen molar-refractivity contribution in [2.45, 2.75) is 11.6 Å². The summed E-state index contributed by atoms with van der Waals surface area (Å²) in [5.41, 5.74) is 0. The summed E-state index contributed by atoms with van der Waals surface area (Å²) in [6, 6.07) is 1.21. The molecule has 74 valence electrons. The highest BCUT2D eigenvalue weighted by Gasteiger charge is 2.40. The third-order valence-corrected chi connectivity index (χ3v) is 4.35. The summed E-state index contributed by atoms with van der Waals surface area (Å²) in [7, 11) is 0. The minimum atomic E-state index is -4.44. The molecule has 0 saturated heterocycles. The monoisotopic (exact) mass is 312 g/mol. The van der Waals surface area contributed by atoms with Crippen LogP contribution in [-0.2, 0) is 0 Å². The minimum absolute atomic E-state index is 0.00829. The number of thiophene rings is 1. The Kier molecular flexibility index (Phi) is 3.54. The first-order valence-corrected chi connectivity index (χ1v) is 5.40. The highest BCUT2D eigenvalue weighted by Crippen LogP contribution is 2.44. The van der Waals surface area contributed by atoms with Gasteiger partial charge in [-0.3, -0.25) is 0 Å². The van der Waals surface area contributed by atoms with E-state index in [-0.39, 0.29) is 9.90 Å². The Balaban J connectivity index is 2.96. The number of rotatable bonds is 1. The molecule has 0 bridgehead atoms. The molecule has 1 rings (SSSR count). The summed E-state index contributed by atoms with van der Waals surface area (Å²) >= 11 is 14.6. The summed E-state index contributed by atoms with van der Waals surface area (Å²) in [4.78, 5) is -0.00829. The van der Waals surface area contributed by atoms with Crippen LogP contribution in [0.4, 0.5) is 13.2 Å². The normalized spacial score (nSPS) is 14.6. The Morgan fingerprint density at radius 3 is 2.31 bits per heavy atom. The zero-order valence-corrected chi connectivity index (χ0v) is 9.75. The summed E-state index contributed by atoms with van der Waals surface area (Å²) < 4.78 is 36.7. The second kappa shape index (κ2) is 3.96. The van der Waals surface area contributed by atoms with Gasteiger partial charge in [0.15, 0.2) is 5.38 Å². The lowest BCUT2D eigenvalue weighted by Crippen LogP contribution is -2.14. The average molecular weight is 314 g/mol. The Morgan fingerprint density at radius 1 is 1.46 bits per heavy atom. The van der Waals surface area contributed by atoms with Crippen molar-refractivity contribution in [3.05, 3.63) is 19.8 Å². The zero-order chi connectivity index (χ0) is 10.2. The quantitative estimate of drug-likeness (QED) is 0.640. The maximum absolute atomic E-state index is 12.1. The van der Waals surface area contributed by atoms with Crippen molar-refractivity contribution < 1.29 is 13.2 Å². The number of alkyl halides is 4. The van der Waals surface area contributed by atoms with Crippen molar-refractivity contribution in [2.75, 3.05) is 0 Å². The van der Waals surface area contributed by atoms with Crippen molar-refractivity contribution in [3.8, 4) is 0 Å². The fourth-order valence-corrected chi connectivity index (χ4v) is 2.60. The number of halogens is 6. The molecule has 13 heavy (non-hydrogen) atoms. The largest absolute Gasteiger partial charge is 0.409 e. The molecule has 1 atom stereocenters. The zero-order valence-electron chi connectivity index (χ0n) is 5.83. The van der Waals surface area contributed by atoms with Gasteiger partial charge >= 0.3 is 6.18 Å². The lowest BCUT2D eigenvalue weighted by Gasteiger charge is -2.10. The van der Waals surface area contributed by atoms with Gasteiger partial charge in [-0.05, 0) is 22.0 Å². The van der Waals surface area contributed by atoms with Gasteiger partial charge in [0.05, 0.1) is 8.81 Å². The Labute approximate surface area is 94.8 Å². The van der Waals surface area contributed by atoms with Gasteiger partial charge in [0, 0.05) is 4.88 Å². The molecule has 0 fully saturated rings. The molecular weight excluding hydrogens is 312 g/mol. The maximum Gasteiger partial charge on any atom is 0.409 e. The van der Waals surface area contributed by atoms with Gasteiger partial charge < -0.3 is 0 Å². The molecule has 0 nitrogen and oxygen atoms in total. The van der Waals surface area contributed by atoms with Crippen LogP contribution in [-0.4, -0.2) is 6.18 Å². The molecular formula is C6H2BrCl2F3S. The fraction of sp³-hybridized carbons (Fsp3) is 0.333. The SMILES string of the molecule is FC(F)(F)C(Cl)c1cc(Cl)c(Br)s1. The van der Waals surface area contributed by atoms with Crippen LogP contribution < -0.4 is 0 Å². The highest BCUT2D eigenvalue weighted by atomic mass is 79.9. The van der Waals surface area contributed by atoms with Gasteiger partial charge in [-0.2, -0.15) is 13.2 Å². The average Bonchev–Trinajstić information content (AvgIpc) is 2.29. The standard InChI is InChI=1S/C6H2BrCl2F3S/c7-5-2(8)1-3(13-5)4(9)6(10,11)12/h1,4H. The van der Waals surface area contributed by atoms with Gasteiger partial charge in [0.2, 0.25) is 0 Å². The first-order chi connectivity index (χ1) is 5.82. The minimum Gasteiger partial charge on any atom is -0.169 e. The molecule has 1 heterocycles. The predicted octanol–water partition coefficient (Wildman–Crippen LogP) is 5.01. The van der Waals surface area contributed by atoms with E-state index in [4.69, 9.17) is 23.2 Å². The first-order valence-electron chi connectivity index (χ1n) is 2.98. The highest BCUT2D eigenvalue weighted by molar-refractivity contribution is 9.11. The number of hydrogen-bond donors (Lipinski definition) is 0. The molecule has 0 aliphatic carbocycles. The van der Waals surface area contributed by atoms with Crippen molar-refractivity contribution in [1.82, 2.24) is 0 Å². The molecule has 1 aromatic rings. The summed E-state index contributed by atoms with van der Waals surface area (Å²) in [6.07, 6.45) is -4.44. The molecule has 0 saturated carbocycles. The summed E-state index contributed by atoms with van der Waals surface area (Å²) in [5, 5.41) is -1.74. The third-order valence-electron chi connectivity index (χ3n) is 1.20. The van der Waals surface area contributed by atoms with E-state index in [1.54, 1.807) is 0 Å². The fourth-order valence-electron chi connectivity index (χ4n) is 0.650. The van der Waals surface area contributed by atoms with Crippen molar-refractivity contribution >= 4 is 50.5 Å². The van der Waals surface area contributed by atoms with Gasteiger partial charge in [-0.25, -0.2) is 0 Å².